The molecule has 2 heteroatoms. The summed E-state index contributed by atoms with van der Waals surface area (Å²) in [6.45, 7) is 6.66. The van der Waals surface area contributed by atoms with E-state index in [1.54, 1.807) is 0 Å². The molecule has 1 aliphatic heterocycles. The Labute approximate surface area is 75.9 Å². The maximum absolute atomic E-state index is 7.00. The van der Waals surface area contributed by atoms with E-state index in [1.807, 2.05) is 0 Å². The molecule has 2 nitrogen and oxygen atoms in total. The van der Waals surface area contributed by atoms with Gasteiger partial charge >= 0.3 is 0 Å². The predicted molar refractivity (Wildman–Crippen MR) is 51.2 cm³/mol. The number of hydrogen-bond acceptors (Lipinski definition) is 2. The van der Waals surface area contributed by atoms with Crippen LogP contribution in [-0.4, -0.2) is 24.4 Å². The monoisotopic (exact) mass is 174 g/mol. The van der Waals surface area contributed by atoms with Gasteiger partial charge in [-0.1, -0.05) is 13.8 Å². The van der Waals surface area contributed by atoms with E-state index in [9.17, 15) is 0 Å². The van der Waals surface area contributed by atoms with E-state index in [2.05, 4.69) is 20.8 Å². The molecule has 0 saturated carbocycles. The normalized spacial score (nSPS) is 35.2. The molecule has 0 bridgehead atoms. The maximum atomic E-state index is 7.00. The lowest BCUT2D eigenvalue weighted by atomic mass is 9.93. The highest BCUT2D eigenvalue weighted by molar-refractivity contribution is 4.72. The number of hydrogen-bond donors (Lipinski definition) is 1. The van der Waals surface area contributed by atoms with Gasteiger partial charge < -0.3 is 9.84 Å². The average molecular weight is 174 g/mol. The van der Waals surface area contributed by atoms with Crippen LogP contribution in [0.3, 0.4) is 0 Å². The Morgan fingerprint density at radius 2 is 1.83 bits per heavy atom. The highest BCUT2D eigenvalue weighted by atomic mass is 16.5. The van der Waals surface area contributed by atoms with Crippen LogP contribution >= 0.6 is 0 Å². The molecule has 1 heterocycles. The van der Waals surface area contributed by atoms with E-state index in [0.29, 0.717) is 12.2 Å². The van der Waals surface area contributed by atoms with Crippen molar-refractivity contribution in [2.45, 2.75) is 52.2 Å². The molecule has 1 N–H and O–H groups in total. The molecule has 0 amide bonds. The summed E-state index contributed by atoms with van der Waals surface area (Å²) in [5.74, 6) is 0.766. The number of ether oxygens (including phenoxy) is 1. The predicted octanol–water partition coefficient (Wildman–Crippen LogP) is 2.21. The van der Waals surface area contributed by atoms with E-state index in [1.165, 1.54) is 19.3 Å². The first-order chi connectivity index (χ1) is 5.74. The van der Waals surface area contributed by atoms with Gasteiger partial charge in [-0.25, -0.2) is 0 Å². The lowest BCUT2D eigenvalue weighted by molar-refractivity contribution is -0.0695. The van der Waals surface area contributed by atoms with Gasteiger partial charge in [-0.2, -0.15) is 0 Å². The van der Waals surface area contributed by atoms with Crippen LogP contribution in [0.1, 0.15) is 40.0 Å². The zero-order valence-corrected chi connectivity index (χ0v) is 8.71. The Bertz CT molecular complexity index is 104. The Kier molecular flexibility index (Phi) is 6.39. The molecule has 0 aromatic rings. The first-order valence-electron chi connectivity index (χ1n) is 4.84. The van der Waals surface area contributed by atoms with Gasteiger partial charge in [-0.3, -0.25) is 0 Å². The van der Waals surface area contributed by atoms with Gasteiger partial charge in [0.2, 0.25) is 0 Å². The standard InChI is InChI=1S/C9H18O.CH4O/c1-4-9-6-5-7(2)8(3)10-9;1-2/h7-9H,4-6H2,1-3H3;2H,1H3/t7-,8?,9+;/m0./s1. The van der Waals surface area contributed by atoms with Crippen molar-refractivity contribution in [1.29, 1.82) is 0 Å². The topological polar surface area (TPSA) is 29.5 Å². The van der Waals surface area contributed by atoms with Crippen molar-refractivity contribution in [3.8, 4) is 0 Å². The zero-order valence-electron chi connectivity index (χ0n) is 8.71. The van der Waals surface area contributed by atoms with Crippen molar-refractivity contribution in [2.75, 3.05) is 7.11 Å². The first kappa shape index (κ1) is 11.9. The maximum Gasteiger partial charge on any atom is 0.0576 e. The molecule has 0 aliphatic carbocycles. The summed E-state index contributed by atoms with van der Waals surface area (Å²) in [7, 11) is 1.00. The Balaban J connectivity index is 0.000000561. The zero-order chi connectivity index (χ0) is 9.56. The molecule has 1 saturated heterocycles. The SMILES string of the molecule is CC[C@@H]1CC[C@H](C)C(C)O1.CO. The van der Waals surface area contributed by atoms with Crippen LogP contribution in [-0.2, 0) is 4.74 Å². The third kappa shape index (κ3) is 3.55. The summed E-state index contributed by atoms with van der Waals surface area (Å²) >= 11 is 0. The average Bonchev–Trinajstić information content (AvgIpc) is 2.13. The summed E-state index contributed by atoms with van der Waals surface area (Å²) in [4.78, 5) is 0. The molecule has 1 rings (SSSR count). The van der Waals surface area contributed by atoms with Crippen LogP contribution in [0.25, 0.3) is 0 Å². The fourth-order valence-corrected chi connectivity index (χ4v) is 1.49. The van der Waals surface area contributed by atoms with Crippen LogP contribution in [0, 0.1) is 5.92 Å². The molecule has 0 spiro atoms. The molecule has 12 heavy (non-hydrogen) atoms. The van der Waals surface area contributed by atoms with E-state index in [4.69, 9.17) is 9.84 Å². The molecule has 0 radical (unpaired) electrons. The van der Waals surface area contributed by atoms with Crippen LogP contribution in [0.15, 0.2) is 0 Å². The minimum absolute atomic E-state index is 0.485. The van der Waals surface area contributed by atoms with E-state index >= 15 is 0 Å². The van der Waals surface area contributed by atoms with Gasteiger partial charge in [0.1, 0.15) is 0 Å². The minimum atomic E-state index is 0.485. The number of aliphatic hydroxyl groups is 1. The highest BCUT2D eigenvalue weighted by Gasteiger charge is 2.23. The van der Waals surface area contributed by atoms with Crippen LogP contribution < -0.4 is 0 Å². The van der Waals surface area contributed by atoms with Crippen LogP contribution in [0.4, 0.5) is 0 Å². The third-order valence-electron chi connectivity index (χ3n) is 2.61. The molecule has 74 valence electrons. The Hall–Kier alpha value is -0.0800. The molecule has 1 unspecified atom stereocenters. The van der Waals surface area contributed by atoms with Gasteiger partial charge in [-0.05, 0) is 32.1 Å². The fourth-order valence-electron chi connectivity index (χ4n) is 1.49. The smallest absolute Gasteiger partial charge is 0.0576 e. The quantitative estimate of drug-likeness (QED) is 0.660. The molecular formula is C10H22O2. The van der Waals surface area contributed by atoms with Crippen molar-refractivity contribution in [2.24, 2.45) is 5.92 Å². The lowest BCUT2D eigenvalue weighted by Gasteiger charge is -2.32. The van der Waals surface area contributed by atoms with Crippen molar-refractivity contribution in [3.63, 3.8) is 0 Å². The highest BCUT2D eigenvalue weighted by Crippen LogP contribution is 2.25. The van der Waals surface area contributed by atoms with Crippen molar-refractivity contribution in [3.05, 3.63) is 0 Å². The van der Waals surface area contributed by atoms with Gasteiger partial charge in [0.05, 0.1) is 12.2 Å². The second kappa shape index (κ2) is 6.44. The summed E-state index contributed by atoms with van der Waals surface area (Å²) in [6, 6.07) is 0. The third-order valence-corrected chi connectivity index (χ3v) is 2.61. The van der Waals surface area contributed by atoms with Crippen molar-refractivity contribution in [1.82, 2.24) is 0 Å². The van der Waals surface area contributed by atoms with Gasteiger partial charge in [0.25, 0.3) is 0 Å². The first-order valence-corrected chi connectivity index (χ1v) is 4.84. The number of aliphatic hydroxyl groups excluding tert-OH is 1. The van der Waals surface area contributed by atoms with Gasteiger partial charge in [0, 0.05) is 7.11 Å². The summed E-state index contributed by atoms with van der Waals surface area (Å²) in [6.07, 6.45) is 4.82. The van der Waals surface area contributed by atoms with E-state index < -0.39 is 0 Å². The Morgan fingerprint density at radius 3 is 2.25 bits per heavy atom. The largest absolute Gasteiger partial charge is 0.400 e. The summed E-state index contributed by atoms with van der Waals surface area (Å²) < 4.78 is 5.75. The van der Waals surface area contributed by atoms with E-state index in [-0.39, 0.29) is 0 Å². The second-order valence-corrected chi connectivity index (χ2v) is 3.43. The fraction of sp³-hybridized carbons (Fsp3) is 1.00. The van der Waals surface area contributed by atoms with Crippen LogP contribution in [0.2, 0.25) is 0 Å². The Morgan fingerprint density at radius 1 is 1.25 bits per heavy atom. The molecule has 1 fully saturated rings. The summed E-state index contributed by atoms with van der Waals surface area (Å²) in [5, 5.41) is 7.00. The lowest BCUT2D eigenvalue weighted by Crippen LogP contribution is -2.30. The van der Waals surface area contributed by atoms with Gasteiger partial charge in [0.15, 0.2) is 0 Å². The molecule has 3 atom stereocenters. The van der Waals surface area contributed by atoms with Crippen LogP contribution in [0.5, 0.6) is 0 Å². The number of rotatable bonds is 1. The molecule has 0 aromatic heterocycles. The van der Waals surface area contributed by atoms with Crippen molar-refractivity contribution >= 4 is 0 Å². The summed E-state index contributed by atoms with van der Waals surface area (Å²) in [5.41, 5.74) is 0. The second-order valence-electron chi connectivity index (χ2n) is 3.43. The molecule has 1 aliphatic rings. The van der Waals surface area contributed by atoms with E-state index in [0.717, 1.165) is 13.0 Å². The van der Waals surface area contributed by atoms with Gasteiger partial charge in [-0.15, -0.1) is 0 Å². The molecular weight excluding hydrogens is 152 g/mol. The molecule has 0 aromatic carbocycles. The minimum Gasteiger partial charge on any atom is -0.400 e. The van der Waals surface area contributed by atoms with Crippen molar-refractivity contribution < 1.29 is 9.84 Å².